The smallest absolute Gasteiger partial charge is 0.123 e. The van der Waals surface area contributed by atoms with Gasteiger partial charge in [0.15, 0.2) is 0 Å². The molecule has 0 amide bonds. The van der Waals surface area contributed by atoms with Crippen molar-refractivity contribution in [3.8, 4) is 5.75 Å². The van der Waals surface area contributed by atoms with Gasteiger partial charge in [0.2, 0.25) is 0 Å². The molecule has 1 aliphatic rings. The van der Waals surface area contributed by atoms with Crippen LogP contribution in [0.25, 0.3) is 0 Å². The highest BCUT2D eigenvalue weighted by molar-refractivity contribution is 5.39. The Kier molecular flexibility index (Phi) is 3.20. The van der Waals surface area contributed by atoms with Gasteiger partial charge in [0, 0.05) is 6.61 Å². The third-order valence-electron chi connectivity index (χ3n) is 3.13. The molecule has 0 saturated carbocycles. The first kappa shape index (κ1) is 11.5. The average molecular weight is 220 g/mol. The summed E-state index contributed by atoms with van der Waals surface area (Å²) in [6.45, 7) is 4.53. The van der Waals surface area contributed by atoms with Crippen LogP contribution in [0.3, 0.4) is 0 Å². The summed E-state index contributed by atoms with van der Waals surface area (Å²) in [4.78, 5) is 0. The van der Waals surface area contributed by atoms with Crippen LogP contribution in [0.15, 0.2) is 18.2 Å². The molecule has 2 nitrogen and oxygen atoms in total. The Morgan fingerprint density at radius 1 is 1.38 bits per heavy atom. The van der Waals surface area contributed by atoms with Crippen molar-refractivity contribution in [2.45, 2.75) is 45.1 Å². The molecule has 0 bridgehead atoms. The molecule has 2 heteroatoms. The van der Waals surface area contributed by atoms with Gasteiger partial charge in [0.05, 0.1) is 0 Å². The monoisotopic (exact) mass is 220 g/mol. The summed E-state index contributed by atoms with van der Waals surface area (Å²) in [5.74, 6) is 1.03. The molecule has 1 N–H and O–H groups in total. The first-order chi connectivity index (χ1) is 7.61. The number of fused-ring (bicyclic) bond motifs is 1. The van der Waals surface area contributed by atoms with Crippen molar-refractivity contribution in [3.63, 3.8) is 0 Å². The van der Waals surface area contributed by atoms with Crippen LogP contribution in [0, 0.1) is 0 Å². The van der Waals surface area contributed by atoms with Gasteiger partial charge in [-0.15, -0.1) is 0 Å². The largest absolute Gasteiger partial charge is 0.488 e. The Balaban J connectivity index is 2.15. The van der Waals surface area contributed by atoms with Crippen molar-refractivity contribution in [2.24, 2.45) is 0 Å². The maximum absolute atomic E-state index is 8.81. The minimum absolute atomic E-state index is 0.0282. The Labute approximate surface area is 97.3 Å². The molecule has 0 saturated heterocycles. The van der Waals surface area contributed by atoms with Crippen molar-refractivity contribution in [3.05, 3.63) is 29.3 Å². The molecule has 1 aromatic carbocycles. The SMILES string of the molecule is CC1(C)CCc2cc(CCCO)ccc2O1. The van der Waals surface area contributed by atoms with E-state index in [1.807, 2.05) is 0 Å². The number of aryl methyl sites for hydroxylation is 2. The molecule has 0 aromatic heterocycles. The molecule has 0 aliphatic carbocycles. The molecule has 16 heavy (non-hydrogen) atoms. The lowest BCUT2D eigenvalue weighted by molar-refractivity contribution is 0.0846. The van der Waals surface area contributed by atoms with E-state index >= 15 is 0 Å². The van der Waals surface area contributed by atoms with Gasteiger partial charge in [0.25, 0.3) is 0 Å². The van der Waals surface area contributed by atoms with E-state index < -0.39 is 0 Å². The van der Waals surface area contributed by atoms with Gasteiger partial charge in [0.1, 0.15) is 11.4 Å². The van der Waals surface area contributed by atoms with E-state index in [0.717, 1.165) is 31.4 Å². The van der Waals surface area contributed by atoms with Gasteiger partial charge in [-0.1, -0.05) is 12.1 Å². The van der Waals surface area contributed by atoms with Gasteiger partial charge < -0.3 is 9.84 Å². The van der Waals surface area contributed by atoms with Gasteiger partial charge in [-0.05, 0) is 56.7 Å². The highest BCUT2D eigenvalue weighted by Crippen LogP contribution is 2.33. The predicted molar refractivity (Wildman–Crippen MR) is 64.9 cm³/mol. The summed E-state index contributed by atoms with van der Waals surface area (Å²) in [6.07, 6.45) is 3.96. The molecule has 1 aromatic rings. The Bertz CT molecular complexity index is 369. The number of ether oxygens (including phenoxy) is 1. The van der Waals surface area contributed by atoms with E-state index in [0.29, 0.717) is 0 Å². The number of benzene rings is 1. The van der Waals surface area contributed by atoms with Gasteiger partial charge in [-0.25, -0.2) is 0 Å². The van der Waals surface area contributed by atoms with Gasteiger partial charge in [-0.2, -0.15) is 0 Å². The third-order valence-corrected chi connectivity index (χ3v) is 3.13. The van der Waals surface area contributed by atoms with Crippen molar-refractivity contribution >= 4 is 0 Å². The fraction of sp³-hybridized carbons (Fsp3) is 0.571. The standard InChI is InChI=1S/C14H20O2/c1-14(2)8-7-12-10-11(4-3-9-15)5-6-13(12)16-14/h5-6,10,15H,3-4,7-9H2,1-2H3. The van der Waals surface area contributed by atoms with Crippen LogP contribution in [0.1, 0.15) is 37.8 Å². The van der Waals surface area contributed by atoms with E-state index in [-0.39, 0.29) is 12.2 Å². The fourth-order valence-corrected chi connectivity index (χ4v) is 2.15. The Morgan fingerprint density at radius 2 is 2.19 bits per heavy atom. The normalized spacial score (nSPS) is 17.7. The lowest BCUT2D eigenvalue weighted by Crippen LogP contribution is -2.32. The lowest BCUT2D eigenvalue weighted by Gasteiger charge is -2.32. The van der Waals surface area contributed by atoms with Crippen LogP contribution in [-0.4, -0.2) is 17.3 Å². The molecule has 1 heterocycles. The Morgan fingerprint density at radius 3 is 2.94 bits per heavy atom. The number of aliphatic hydroxyl groups excluding tert-OH is 1. The summed E-state index contributed by atoms with van der Waals surface area (Å²) in [5, 5.41) is 8.81. The molecule has 0 atom stereocenters. The maximum atomic E-state index is 8.81. The molecule has 1 aliphatic heterocycles. The van der Waals surface area contributed by atoms with E-state index in [1.54, 1.807) is 0 Å². The van der Waals surface area contributed by atoms with E-state index in [9.17, 15) is 0 Å². The molecule has 0 unspecified atom stereocenters. The van der Waals surface area contributed by atoms with Crippen molar-refractivity contribution in [1.82, 2.24) is 0 Å². The van der Waals surface area contributed by atoms with Gasteiger partial charge >= 0.3 is 0 Å². The van der Waals surface area contributed by atoms with E-state index in [4.69, 9.17) is 9.84 Å². The summed E-state index contributed by atoms with van der Waals surface area (Å²) >= 11 is 0. The van der Waals surface area contributed by atoms with Crippen LogP contribution in [0.2, 0.25) is 0 Å². The minimum Gasteiger partial charge on any atom is -0.488 e. The number of hydrogen-bond acceptors (Lipinski definition) is 2. The van der Waals surface area contributed by atoms with Crippen LogP contribution in [0.4, 0.5) is 0 Å². The first-order valence-corrected chi connectivity index (χ1v) is 6.02. The van der Waals surface area contributed by atoms with Crippen LogP contribution in [0.5, 0.6) is 5.75 Å². The second kappa shape index (κ2) is 4.46. The summed E-state index contributed by atoms with van der Waals surface area (Å²) in [7, 11) is 0. The van der Waals surface area contributed by atoms with Crippen molar-refractivity contribution in [1.29, 1.82) is 0 Å². The van der Waals surface area contributed by atoms with E-state index in [2.05, 4.69) is 32.0 Å². The molecule has 0 spiro atoms. The zero-order valence-corrected chi connectivity index (χ0v) is 10.1. The second-order valence-corrected chi connectivity index (χ2v) is 5.13. The van der Waals surface area contributed by atoms with Crippen LogP contribution < -0.4 is 4.74 Å². The van der Waals surface area contributed by atoms with Crippen molar-refractivity contribution in [2.75, 3.05) is 6.61 Å². The molecule has 0 radical (unpaired) electrons. The number of aliphatic hydroxyl groups is 1. The topological polar surface area (TPSA) is 29.5 Å². The zero-order chi connectivity index (χ0) is 11.6. The quantitative estimate of drug-likeness (QED) is 0.848. The maximum Gasteiger partial charge on any atom is 0.123 e. The molecule has 0 fully saturated rings. The van der Waals surface area contributed by atoms with Gasteiger partial charge in [-0.3, -0.25) is 0 Å². The lowest BCUT2D eigenvalue weighted by atomic mass is 9.93. The highest BCUT2D eigenvalue weighted by atomic mass is 16.5. The Hall–Kier alpha value is -1.02. The zero-order valence-electron chi connectivity index (χ0n) is 10.1. The summed E-state index contributed by atoms with van der Waals surface area (Å²) < 4.78 is 5.93. The van der Waals surface area contributed by atoms with Crippen LogP contribution in [-0.2, 0) is 12.8 Å². The molecular formula is C14H20O2. The predicted octanol–water partition coefficient (Wildman–Crippen LogP) is 2.72. The second-order valence-electron chi connectivity index (χ2n) is 5.13. The fourth-order valence-electron chi connectivity index (χ4n) is 2.15. The first-order valence-electron chi connectivity index (χ1n) is 6.02. The third kappa shape index (κ3) is 2.56. The molecule has 88 valence electrons. The molecule has 2 rings (SSSR count). The van der Waals surface area contributed by atoms with Crippen LogP contribution >= 0.6 is 0 Å². The van der Waals surface area contributed by atoms with Crippen molar-refractivity contribution < 1.29 is 9.84 Å². The number of hydrogen-bond donors (Lipinski definition) is 1. The minimum atomic E-state index is -0.0282. The number of rotatable bonds is 3. The summed E-state index contributed by atoms with van der Waals surface area (Å²) in [5.41, 5.74) is 2.59. The van der Waals surface area contributed by atoms with E-state index in [1.165, 1.54) is 11.1 Å². The summed E-state index contributed by atoms with van der Waals surface area (Å²) in [6, 6.07) is 6.40. The highest BCUT2D eigenvalue weighted by Gasteiger charge is 2.26. The molecular weight excluding hydrogens is 200 g/mol. The average Bonchev–Trinajstić information content (AvgIpc) is 2.25.